The van der Waals surface area contributed by atoms with Gasteiger partial charge in [0, 0.05) is 19.1 Å². The molecule has 0 aliphatic carbocycles. The van der Waals surface area contributed by atoms with Gasteiger partial charge in [0.15, 0.2) is 0 Å². The molecule has 2 fully saturated rings. The maximum absolute atomic E-state index is 13.5. The summed E-state index contributed by atoms with van der Waals surface area (Å²) >= 11 is 0. The molecule has 0 unspecified atom stereocenters. The summed E-state index contributed by atoms with van der Waals surface area (Å²) in [7, 11) is 0. The Morgan fingerprint density at radius 3 is 2.50 bits per heavy atom. The number of halogens is 2. The molecule has 7 heteroatoms. The SMILES string of the molecule is CC(C)(C(=O)O)C(=O)N1C[C@@H]2NCC(F)(F)[C@@H]2C1. The van der Waals surface area contributed by atoms with E-state index >= 15 is 0 Å². The molecule has 102 valence electrons. The van der Waals surface area contributed by atoms with Crippen molar-refractivity contribution in [1.29, 1.82) is 0 Å². The quantitative estimate of drug-likeness (QED) is 0.696. The summed E-state index contributed by atoms with van der Waals surface area (Å²) < 4.78 is 26.9. The molecule has 0 aromatic carbocycles. The van der Waals surface area contributed by atoms with Crippen molar-refractivity contribution in [2.45, 2.75) is 25.8 Å². The minimum atomic E-state index is -2.83. The van der Waals surface area contributed by atoms with Gasteiger partial charge in [0.2, 0.25) is 5.91 Å². The zero-order valence-electron chi connectivity index (χ0n) is 10.2. The summed E-state index contributed by atoms with van der Waals surface area (Å²) in [5.74, 6) is -5.59. The van der Waals surface area contributed by atoms with E-state index in [2.05, 4.69) is 5.32 Å². The number of aliphatic carboxylic acids is 1. The van der Waals surface area contributed by atoms with Crippen LogP contribution in [0.5, 0.6) is 0 Å². The zero-order valence-corrected chi connectivity index (χ0v) is 10.2. The maximum Gasteiger partial charge on any atom is 0.318 e. The first kappa shape index (κ1) is 13.2. The zero-order chi connectivity index (χ0) is 13.7. The van der Waals surface area contributed by atoms with E-state index in [4.69, 9.17) is 5.11 Å². The first-order chi connectivity index (χ1) is 8.16. The fraction of sp³-hybridized carbons (Fsp3) is 0.818. The number of fused-ring (bicyclic) bond motifs is 1. The number of carbonyl (C=O) groups excluding carboxylic acids is 1. The smallest absolute Gasteiger partial charge is 0.318 e. The highest BCUT2D eigenvalue weighted by molar-refractivity contribution is 6.01. The molecule has 2 N–H and O–H groups in total. The molecule has 2 atom stereocenters. The van der Waals surface area contributed by atoms with Crippen LogP contribution in [-0.4, -0.2) is 53.5 Å². The number of likely N-dealkylation sites (tertiary alicyclic amines) is 1. The molecule has 5 nitrogen and oxygen atoms in total. The number of nitrogens with one attached hydrogen (secondary N) is 1. The second-order valence-corrected chi connectivity index (χ2v) is 5.50. The summed E-state index contributed by atoms with van der Waals surface area (Å²) in [6.07, 6.45) is 0. The molecule has 0 radical (unpaired) electrons. The van der Waals surface area contributed by atoms with E-state index in [1.165, 1.54) is 18.7 Å². The lowest BCUT2D eigenvalue weighted by molar-refractivity contribution is -0.158. The number of nitrogens with zero attached hydrogens (tertiary/aromatic N) is 1. The lowest BCUT2D eigenvalue weighted by Crippen LogP contribution is -2.46. The normalized spacial score (nSPS) is 30.3. The van der Waals surface area contributed by atoms with Crippen molar-refractivity contribution in [3.8, 4) is 0 Å². The Balaban J connectivity index is 2.11. The van der Waals surface area contributed by atoms with Crippen LogP contribution < -0.4 is 5.32 Å². The minimum absolute atomic E-state index is 0.0831. The van der Waals surface area contributed by atoms with Crippen LogP contribution in [0.3, 0.4) is 0 Å². The predicted octanol–water partition coefficient (Wildman–Crippen LogP) is 0.163. The van der Waals surface area contributed by atoms with Gasteiger partial charge in [0.05, 0.1) is 12.5 Å². The monoisotopic (exact) mass is 262 g/mol. The molecule has 18 heavy (non-hydrogen) atoms. The fourth-order valence-electron chi connectivity index (χ4n) is 2.49. The van der Waals surface area contributed by atoms with Crippen LogP contribution in [0.4, 0.5) is 8.78 Å². The third kappa shape index (κ3) is 1.86. The molecule has 2 aliphatic heterocycles. The van der Waals surface area contributed by atoms with Crippen molar-refractivity contribution in [3.05, 3.63) is 0 Å². The summed E-state index contributed by atoms with van der Waals surface area (Å²) in [5.41, 5.74) is -1.58. The van der Waals surface area contributed by atoms with Crippen LogP contribution in [0, 0.1) is 11.3 Å². The van der Waals surface area contributed by atoms with Gasteiger partial charge in [0.1, 0.15) is 5.41 Å². The van der Waals surface area contributed by atoms with E-state index in [1.54, 1.807) is 0 Å². The fourth-order valence-corrected chi connectivity index (χ4v) is 2.49. The number of rotatable bonds is 2. The molecule has 2 heterocycles. The van der Waals surface area contributed by atoms with Gasteiger partial charge in [-0.2, -0.15) is 0 Å². The second kappa shape index (κ2) is 3.88. The average Bonchev–Trinajstić information content (AvgIpc) is 2.79. The molecule has 1 amide bonds. The minimum Gasteiger partial charge on any atom is -0.480 e. The summed E-state index contributed by atoms with van der Waals surface area (Å²) in [6.45, 7) is 2.28. The van der Waals surface area contributed by atoms with Gasteiger partial charge in [-0.05, 0) is 13.8 Å². The molecular weight excluding hydrogens is 246 g/mol. The molecular formula is C11H16F2N2O3. The van der Waals surface area contributed by atoms with Gasteiger partial charge in [0.25, 0.3) is 5.92 Å². The van der Waals surface area contributed by atoms with Crippen molar-refractivity contribution in [3.63, 3.8) is 0 Å². The van der Waals surface area contributed by atoms with Crippen LogP contribution >= 0.6 is 0 Å². The third-order valence-electron chi connectivity index (χ3n) is 3.82. The maximum atomic E-state index is 13.5. The Bertz CT molecular complexity index is 398. The molecule has 0 spiro atoms. The molecule has 0 aromatic rings. The number of amides is 1. The molecule has 0 saturated carbocycles. The van der Waals surface area contributed by atoms with Crippen LogP contribution in [0.15, 0.2) is 0 Å². The largest absolute Gasteiger partial charge is 0.480 e. The van der Waals surface area contributed by atoms with Crippen molar-refractivity contribution >= 4 is 11.9 Å². The van der Waals surface area contributed by atoms with E-state index < -0.39 is 35.2 Å². The van der Waals surface area contributed by atoms with E-state index in [-0.39, 0.29) is 19.6 Å². The molecule has 0 bridgehead atoms. The van der Waals surface area contributed by atoms with Crippen molar-refractivity contribution in [1.82, 2.24) is 10.2 Å². The van der Waals surface area contributed by atoms with E-state index in [0.29, 0.717) is 0 Å². The van der Waals surface area contributed by atoms with Crippen LogP contribution in [0.2, 0.25) is 0 Å². The standard InChI is InChI=1S/C11H16F2N2O3/c1-10(2,9(17)18)8(16)15-3-6-7(4-15)14-5-11(6,12)13/h6-7,14H,3-5H2,1-2H3,(H,17,18)/t6-,7+/m1/s1. The van der Waals surface area contributed by atoms with Crippen molar-refractivity contribution in [2.75, 3.05) is 19.6 Å². The first-order valence-electron chi connectivity index (χ1n) is 5.80. The van der Waals surface area contributed by atoms with Crippen LogP contribution in [0.25, 0.3) is 0 Å². The first-order valence-corrected chi connectivity index (χ1v) is 5.80. The average molecular weight is 262 g/mol. The number of carboxylic acid groups (broad SMARTS) is 1. The summed E-state index contributed by atoms with van der Waals surface area (Å²) in [6, 6.07) is -0.437. The van der Waals surface area contributed by atoms with E-state index in [0.717, 1.165) is 0 Å². The molecule has 0 aromatic heterocycles. The van der Waals surface area contributed by atoms with Crippen LogP contribution in [0.1, 0.15) is 13.8 Å². The molecule has 2 rings (SSSR count). The van der Waals surface area contributed by atoms with Gasteiger partial charge in [-0.1, -0.05) is 0 Å². The van der Waals surface area contributed by atoms with Gasteiger partial charge >= 0.3 is 5.97 Å². The lowest BCUT2D eigenvalue weighted by atomic mass is 9.92. The summed E-state index contributed by atoms with van der Waals surface area (Å²) in [5, 5.41) is 11.6. The number of alkyl halides is 2. The van der Waals surface area contributed by atoms with Crippen molar-refractivity contribution in [2.24, 2.45) is 11.3 Å². The Kier molecular flexibility index (Phi) is 2.84. The highest BCUT2D eigenvalue weighted by atomic mass is 19.3. The van der Waals surface area contributed by atoms with E-state index in [9.17, 15) is 18.4 Å². The van der Waals surface area contributed by atoms with Gasteiger partial charge < -0.3 is 15.3 Å². The lowest BCUT2D eigenvalue weighted by Gasteiger charge is -2.27. The topological polar surface area (TPSA) is 69.6 Å². The number of hydrogen-bond acceptors (Lipinski definition) is 3. The Morgan fingerprint density at radius 2 is 2.00 bits per heavy atom. The van der Waals surface area contributed by atoms with Crippen molar-refractivity contribution < 1.29 is 23.5 Å². The van der Waals surface area contributed by atoms with Gasteiger partial charge in [-0.3, -0.25) is 9.59 Å². The Morgan fingerprint density at radius 1 is 1.39 bits per heavy atom. The number of carbonyl (C=O) groups is 2. The van der Waals surface area contributed by atoms with E-state index in [1.807, 2.05) is 0 Å². The third-order valence-corrected chi connectivity index (χ3v) is 3.82. The highest BCUT2D eigenvalue weighted by Gasteiger charge is 2.56. The van der Waals surface area contributed by atoms with Gasteiger partial charge in [-0.15, -0.1) is 0 Å². The highest BCUT2D eigenvalue weighted by Crippen LogP contribution is 2.38. The molecule has 2 saturated heterocycles. The number of carboxylic acids is 1. The number of hydrogen-bond donors (Lipinski definition) is 2. The van der Waals surface area contributed by atoms with Gasteiger partial charge in [-0.25, -0.2) is 8.78 Å². The van der Waals surface area contributed by atoms with Crippen LogP contribution in [-0.2, 0) is 9.59 Å². The summed E-state index contributed by atoms with van der Waals surface area (Å²) in [4.78, 5) is 24.2. The Labute approximate surface area is 103 Å². The second-order valence-electron chi connectivity index (χ2n) is 5.50. The predicted molar refractivity (Wildman–Crippen MR) is 58.2 cm³/mol. The molecule has 2 aliphatic rings. The Hall–Kier alpha value is -1.24.